The van der Waals surface area contributed by atoms with Gasteiger partial charge >= 0.3 is 0 Å². The van der Waals surface area contributed by atoms with Crippen molar-refractivity contribution in [3.63, 3.8) is 0 Å². The van der Waals surface area contributed by atoms with Gasteiger partial charge in [-0.3, -0.25) is 0 Å². The monoisotopic (exact) mass is 240 g/mol. The van der Waals surface area contributed by atoms with E-state index < -0.39 is 0 Å². The molecule has 90 valence electrons. The second-order valence-electron chi connectivity index (χ2n) is 3.99. The van der Waals surface area contributed by atoms with Gasteiger partial charge in [0.2, 0.25) is 0 Å². The molecule has 0 atom stereocenters. The van der Waals surface area contributed by atoms with Gasteiger partial charge in [-0.1, -0.05) is 6.07 Å². The highest BCUT2D eigenvalue weighted by Gasteiger charge is 2.07. The number of phenols is 1. The summed E-state index contributed by atoms with van der Waals surface area (Å²) in [4.78, 5) is 7.57. The van der Waals surface area contributed by atoms with Crippen LogP contribution in [0.5, 0.6) is 11.5 Å². The maximum Gasteiger partial charge on any atom is 0.143 e. The number of aromatic hydroxyl groups is 1. The summed E-state index contributed by atoms with van der Waals surface area (Å²) in [7, 11) is 1.63. The van der Waals surface area contributed by atoms with Crippen molar-refractivity contribution in [3.05, 3.63) is 42.5 Å². The van der Waals surface area contributed by atoms with Crippen LogP contribution < -0.4 is 4.74 Å². The zero-order valence-corrected chi connectivity index (χ0v) is 9.84. The molecule has 0 aliphatic carbocycles. The number of ether oxygens (including phenoxy) is 1. The molecular weight excluding hydrogens is 228 g/mol. The SMILES string of the molecule is COc1ccc(-c2nc3c(O)cccc3[nH]2)cc1. The Bertz CT molecular complexity index is 687. The second kappa shape index (κ2) is 4.07. The van der Waals surface area contributed by atoms with Crippen LogP contribution in [0, 0.1) is 0 Å². The molecule has 2 aromatic carbocycles. The molecule has 1 aromatic heterocycles. The van der Waals surface area contributed by atoms with Crippen molar-refractivity contribution in [1.82, 2.24) is 9.97 Å². The number of aromatic nitrogens is 2. The van der Waals surface area contributed by atoms with Crippen molar-refractivity contribution in [2.24, 2.45) is 0 Å². The Kier molecular flexibility index (Phi) is 2.41. The molecule has 0 aliphatic heterocycles. The first-order valence-electron chi connectivity index (χ1n) is 5.60. The first-order valence-corrected chi connectivity index (χ1v) is 5.60. The number of fused-ring (bicyclic) bond motifs is 1. The number of aromatic amines is 1. The third-order valence-electron chi connectivity index (χ3n) is 2.85. The van der Waals surface area contributed by atoms with Crippen molar-refractivity contribution in [2.45, 2.75) is 0 Å². The van der Waals surface area contributed by atoms with E-state index in [0.29, 0.717) is 5.52 Å². The summed E-state index contributed by atoms with van der Waals surface area (Å²) < 4.78 is 5.11. The van der Waals surface area contributed by atoms with Crippen LogP contribution >= 0.6 is 0 Å². The molecular formula is C14H12N2O2. The van der Waals surface area contributed by atoms with Gasteiger partial charge in [-0.05, 0) is 36.4 Å². The van der Waals surface area contributed by atoms with Gasteiger partial charge < -0.3 is 14.8 Å². The lowest BCUT2D eigenvalue weighted by molar-refractivity contribution is 0.415. The van der Waals surface area contributed by atoms with Gasteiger partial charge in [-0.15, -0.1) is 0 Å². The van der Waals surface area contributed by atoms with Gasteiger partial charge in [0, 0.05) is 5.56 Å². The summed E-state index contributed by atoms with van der Waals surface area (Å²) in [5.74, 6) is 1.72. The Morgan fingerprint density at radius 1 is 1.11 bits per heavy atom. The van der Waals surface area contributed by atoms with Crippen LogP contribution in [0.15, 0.2) is 42.5 Å². The molecule has 0 fully saturated rings. The lowest BCUT2D eigenvalue weighted by Crippen LogP contribution is -1.83. The Balaban J connectivity index is 2.10. The van der Waals surface area contributed by atoms with E-state index in [9.17, 15) is 5.11 Å². The molecule has 0 bridgehead atoms. The molecule has 2 N–H and O–H groups in total. The average molecular weight is 240 g/mol. The Morgan fingerprint density at radius 3 is 2.56 bits per heavy atom. The Morgan fingerprint density at radius 2 is 1.89 bits per heavy atom. The van der Waals surface area contributed by atoms with E-state index >= 15 is 0 Å². The summed E-state index contributed by atoms with van der Waals surface area (Å²) in [5, 5.41) is 9.71. The molecule has 0 amide bonds. The number of imidazole rings is 1. The number of phenolic OH excluding ortho intramolecular Hbond substituents is 1. The number of rotatable bonds is 2. The lowest BCUT2D eigenvalue weighted by Gasteiger charge is -2.00. The maximum absolute atomic E-state index is 9.71. The molecule has 0 saturated heterocycles. The molecule has 0 radical (unpaired) electrons. The van der Waals surface area contributed by atoms with E-state index in [1.165, 1.54) is 0 Å². The van der Waals surface area contributed by atoms with E-state index in [1.807, 2.05) is 30.3 Å². The molecule has 3 aromatic rings. The first kappa shape index (κ1) is 10.7. The predicted octanol–water partition coefficient (Wildman–Crippen LogP) is 2.94. The standard InChI is InChI=1S/C14H12N2O2/c1-18-10-7-5-9(6-8-10)14-15-11-3-2-4-12(17)13(11)16-14/h2-8,17H,1H3,(H,15,16). The fourth-order valence-electron chi connectivity index (χ4n) is 1.90. The third kappa shape index (κ3) is 1.68. The lowest BCUT2D eigenvalue weighted by atomic mass is 10.2. The average Bonchev–Trinajstić information content (AvgIpc) is 2.84. The summed E-state index contributed by atoms with van der Waals surface area (Å²) in [6.07, 6.45) is 0. The number of hydrogen-bond donors (Lipinski definition) is 2. The third-order valence-corrected chi connectivity index (χ3v) is 2.85. The van der Waals surface area contributed by atoms with E-state index in [0.717, 1.165) is 22.7 Å². The van der Waals surface area contributed by atoms with Crippen molar-refractivity contribution in [1.29, 1.82) is 0 Å². The van der Waals surface area contributed by atoms with E-state index in [4.69, 9.17) is 4.74 Å². The molecule has 0 spiro atoms. The summed E-state index contributed by atoms with van der Waals surface area (Å²) >= 11 is 0. The minimum Gasteiger partial charge on any atom is -0.506 e. The Hall–Kier alpha value is -2.49. The topological polar surface area (TPSA) is 58.1 Å². The molecule has 0 unspecified atom stereocenters. The van der Waals surface area contributed by atoms with E-state index in [2.05, 4.69) is 9.97 Å². The second-order valence-corrected chi connectivity index (χ2v) is 3.99. The molecule has 0 aliphatic rings. The van der Waals surface area contributed by atoms with E-state index in [-0.39, 0.29) is 5.75 Å². The molecule has 4 heteroatoms. The summed E-state index contributed by atoms with van der Waals surface area (Å²) in [6, 6.07) is 12.9. The largest absolute Gasteiger partial charge is 0.506 e. The molecule has 18 heavy (non-hydrogen) atoms. The van der Waals surface area contributed by atoms with Crippen LogP contribution in [-0.4, -0.2) is 22.2 Å². The van der Waals surface area contributed by atoms with Crippen molar-refractivity contribution in [2.75, 3.05) is 7.11 Å². The summed E-state index contributed by atoms with van der Waals surface area (Å²) in [6.45, 7) is 0. The van der Waals surface area contributed by atoms with Crippen molar-refractivity contribution >= 4 is 11.0 Å². The first-order chi connectivity index (χ1) is 8.78. The van der Waals surface area contributed by atoms with Gasteiger partial charge in [0.05, 0.1) is 12.6 Å². The van der Waals surface area contributed by atoms with Crippen LogP contribution in [0.4, 0.5) is 0 Å². The number of para-hydroxylation sites is 1. The minimum absolute atomic E-state index is 0.184. The number of nitrogens with zero attached hydrogens (tertiary/aromatic N) is 1. The highest BCUT2D eigenvalue weighted by molar-refractivity contribution is 5.84. The number of H-pyrrole nitrogens is 1. The fourth-order valence-corrected chi connectivity index (χ4v) is 1.90. The van der Waals surface area contributed by atoms with E-state index in [1.54, 1.807) is 19.2 Å². The van der Waals surface area contributed by atoms with Crippen LogP contribution in [0.3, 0.4) is 0 Å². The number of hydrogen-bond acceptors (Lipinski definition) is 3. The molecule has 0 saturated carbocycles. The zero-order valence-electron chi connectivity index (χ0n) is 9.84. The highest BCUT2D eigenvalue weighted by atomic mass is 16.5. The van der Waals surface area contributed by atoms with Gasteiger partial charge in [0.25, 0.3) is 0 Å². The molecule has 1 heterocycles. The van der Waals surface area contributed by atoms with Crippen LogP contribution in [-0.2, 0) is 0 Å². The van der Waals surface area contributed by atoms with Gasteiger partial charge in [-0.25, -0.2) is 4.98 Å². The predicted molar refractivity (Wildman–Crippen MR) is 69.7 cm³/mol. The normalized spacial score (nSPS) is 10.7. The minimum atomic E-state index is 0.184. The number of nitrogens with one attached hydrogen (secondary N) is 1. The van der Waals surface area contributed by atoms with Crippen molar-refractivity contribution in [3.8, 4) is 22.9 Å². The van der Waals surface area contributed by atoms with Crippen LogP contribution in [0.25, 0.3) is 22.4 Å². The molecule has 4 nitrogen and oxygen atoms in total. The number of benzene rings is 2. The molecule has 3 rings (SSSR count). The van der Waals surface area contributed by atoms with Crippen LogP contribution in [0.2, 0.25) is 0 Å². The smallest absolute Gasteiger partial charge is 0.143 e. The van der Waals surface area contributed by atoms with Gasteiger partial charge in [-0.2, -0.15) is 0 Å². The van der Waals surface area contributed by atoms with Crippen LogP contribution in [0.1, 0.15) is 0 Å². The van der Waals surface area contributed by atoms with Crippen molar-refractivity contribution < 1.29 is 9.84 Å². The summed E-state index contributed by atoms with van der Waals surface area (Å²) in [5.41, 5.74) is 2.36. The quantitative estimate of drug-likeness (QED) is 0.724. The number of methoxy groups -OCH3 is 1. The fraction of sp³-hybridized carbons (Fsp3) is 0.0714. The van der Waals surface area contributed by atoms with Gasteiger partial charge in [0.15, 0.2) is 0 Å². The maximum atomic E-state index is 9.71. The van der Waals surface area contributed by atoms with Gasteiger partial charge in [0.1, 0.15) is 22.8 Å². The zero-order chi connectivity index (χ0) is 12.5. The highest BCUT2D eigenvalue weighted by Crippen LogP contribution is 2.27. The Labute approximate surface area is 104 Å².